The molecule has 0 N–H and O–H groups in total. The van der Waals surface area contributed by atoms with Crippen LogP contribution < -0.4 is 0 Å². The van der Waals surface area contributed by atoms with E-state index in [1.165, 1.54) is 12.8 Å². The van der Waals surface area contributed by atoms with Gasteiger partial charge in [-0.05, 0) is 46.5 Å². The number of sulfonamides is 1. The Balaban J connectivity index is 1.94. The maximum absolute atomic E-state index is 13.1. The second-order valence-corrected chi connectivity index (χ2v) is 8.77. The molecule has 1 saturated carbocycles. The molecule has 124 valence electrons. The van der Waals surface area contributed by atoms with Crippen molar-refractivity contribution < 1.29 is 8.42 Å². The highest BCUT2D eigenvalue weighted by Gasteiger charge is 2.37. The highest BCUT2D eigenvalue weighted by atomic mass is 32.2. The summed E-state index contributed by atoms with van der Waals surface area (Å²) in [6.07, 6.45) is 9.41. The molecule has 1 aromatic rings. The number of aromatic nitrogens is 2. The maximum atomic E-state index is 13.1. The molecule has 2 heterocycles. The van der Waals surface area contributed by atoms with Gasteiger partial charge in [-0.1, -0.05) is 19.3 Å². The zero-order chi connectivity index (χ0) is 15.9. The lowest BCUT2D eigenvalue weighted by atomic mass is 10.0. The molecule has 3 rings (SSSR count). The van der Waals surface area contributed by atoms with Gasteiger partial charge in [0.15, 0.2) is 0 Å². The topological polar surface area (TPSA) is 55.2 Å². The SMILES string of the molecule is Cc1nn(C2CCCC2)cc1S(=O)(=O)N1C(C)CCCC1C. The molecule has 0 amide bonds. The molecule has 1 aromatic heterocycles. The Morgan fingerprint density at radius 2 is 1.64 bits per heavy atom. The van der Waals surface area contributed by atoms with E-state index in [1.54, 1.807) is 10.5 Å². The Kier molecular flexibility index (Phi) is 4.34. The number of hydrogen-bond acceptors (Lipinski definition) is 3. The van der Waals surface area contributed by atoms with Gasteiger partial charge in [0.25, 0.3) is 0 Å². The van der Waals surface area contributed by atoms with Crippen molar-refractivity contribution in [1.82, 2.24) is 14.1 Å². The molecule has 1 aliphatic carbocycles. The lowest BCUT2D eigenvalue weighted by molar-refractivity contribution is 0.204. The van der Waals surface area contributed by atoms with Crippen LogP contribution in [0.2, 0.25) is 0 Å². The predicted molar refractivity (Wildman–Crippen MR) is 86.3 cm³/mol. The molecule has 2 atom stereocenters. The third-order valence-electron chi connectivity index (χ3n) is 5.24. The van der Waals surface area contributed by atoms with Gasteiger partial charge in [-0.2, -0.15) is 9.40 Å². The molecular formula is C16H27N3O2S. The first-order valence-electron chi connectivity index (χ1n) is 8.50. The summed E-state index contributed by atoms with van der Waals surface area (Å²) in [5.74, 6) is 0. The molecule has 0 bridgehead atoms. The van der Waals surface area contributed by atoms with E-state index in [4.69, 9.17) is 0 Å². The average Bonchev–Trinajstić information content (AvgIpc) is 3.06. The summed E-state index contributed by atoms with van der Waals surface area (Å²) in [6.45, 7) is 5.85. The van der Waals surface area contributed by atoms with Crippen LogP contribution in [0.4, 0.5) is 0 Å². The van der Waals surface area contributed by atoms with Crippen molar-refractivity contribution in [3.8, 4) is 0 Å². The summed E-state index contributed by atoms with van der Waals surface area (Å²) in [4.78, 5) is 0.403. The molecule has 0 spiro atoms. The summed E-state index contributed by atoms with van der Waals surface area (Å²) < 4.78 is 29.9. The summed E-state index contributed by atoms with van der Waals surface area (Å²) in [5.41, 5.74) is 0.636. The Morgan fingerprint density at radius 1 is 1.05 bits per heavy atom. The van der Waals surface area contributed by atoms with E-state index >= 15 is 0 Å². The lowest BCUT2D eigenvalue weighted by Gasteiger charge is -2.37. The van der Waals surface area contributed by atoms with Gasteiger partial charge in [-0.3, -0.25) is 4.68 Å². The van der Waals surface area contributed by atoms with Crippen LogP contribution in [-0.2, 0) is 10.0 Å². The van der Waals surface area contributed by atoms with E-state index in [0.29, 0.717) is 16.6 Å². The van der Waals surface area contributed by atoms with Crippen molar-refractivity contribution in [3.63, 3.8) is 0 Å². The van der Waals surface area contributed by atoms with Crippen molar-refractivity contribution in [3.05, 3.63) is 11.9 Å². The van der Waals surface area contributed by atoms with Gasteiger partial charge >= 0.3 is 0 Å². The largest absolute Gasteiger partial charge is 0.268 e. The fraction of sp³-hybridized carbons (Fsp3) is 0.812. The standard InChI is InChI=1S/C16H27N3O2S/c1-12-7-6-8-13(2)19(12)22(20,21)16-11-18(17-14(16)3)15-9-4-5-10-15/h11-13,15H,4-10H2,1-3H3. The maximum Gasteiger partial charge on any atom is 0.246 e. The minimum Gasteiger partial charge on any atom is -0.268 e. The van der Waals surface area contributed by atoms with Crippen LogP contribution in [0.15, 0.2) is 11.1 Å². The molecule has 2 unspecified atom stereocenters. The number of aryl methyl sites for hydroxylation is 1. The molecule has 0 aromatic carbocycles. The molecule has 1 saturated heterocycles. The van der Waals surface area contributed by atoms with Gasteiger partial charge < -0.3 is 0 Å². The van der Waals surface area contributed by atoms with Gasteiger partial charge in [-0.25, -0.2) is 8.42 Å². The molecule has 2 aliphatic rings. The van der Waals surface area contributed by atoms with E-state index in [1.807, 2.05) is 25.5 Å². The molecular weight excluding hydrogens is 298 g/mol. The first-order valence-corrected chi connectivity index (χ1v) is 9.94. The van der Waals surface area contributed by atoms with E-state index in [2.05, 4.69) is 5.10 Å². The monoisotopic (exact) mass is 325 g/mol. The summed E-state index contributed by atoms with van der Waals surface area (Å²) in [6, 6.07) is 0.518. The van der Waals surface area contributed by atoms with E-state index in [-0.39, 0.29) is 12.1 Å². The number of piperidine rings is 1. The molecule has 6 heteroatoms. The second kappa shape index (κ2) is 5.96. The van der Waals surface area contributed by atoms with Crippen LogP contribution in [0, 0.1) is 6.92 Å². The highest BCUT2D eigenvalue weighted by Crippen LogP contribution is 2.33. The third kappa shape index (κ3) is 2.71. The smallest absolute Gasteiger partial charge is 0.246 e. The van der Waals surface area contributed by atoms with Crippen LogP contribution in [0.1, 0.15) is 70.5 Å². The zero-order valence-electron chi connectivity index (χ0n) is 13.8. The summed E-state index contributed by atoms with van der Waals surface area (Å²) in [5, 5.41) is 4.51. The number of rotatable bonds is 3. The van der Waals surface area contributed by atoms with Crippen molar-refractivity contribution in [2.45, 2.75) is 88.7 Å². The quantitative estimate of drug-likeness (QED) is 0.857. The van der Waals surface area contributed by atoms with Crippen molar-refractivity contribution >= 4 is 10.0 Å². The minimum absolute atomic E-state index is 0.0722. The average molecular weight is 325 g/mol. The Hall–Kier alpha value is -0.880. The van der Waals surface area contributed by atoms with Crippen molar-refractivity contribution in [1.29, 1.82) is 0 Å². The van der Waals surface area contributed by atoms with Gasteiger partial charge in [0.05, 0.1) is 11.7 Å². The fourth-order valence-corrected chi connectivity index (χ4v) is 6.10. The molecule has 0 radical (unpaired) electrons. The minimum atomic E-state index is -3.45. The Bertz CT molecular complexity index is 622. The van der Waals surface area contributed by atoms with E-state index in [0.717, 1.165) is 32.1 Å². The van der Waals surface area contributed by atoms with Crippen LogP contribution in [-0.4, -0.2) is 34.6 Å². The van der Waals surface area contributed by atoms with Crippen molar-refractivity contribution in [2.24, 2.45) is 0 Å². The van der Waals surface area contributed by atoms with Gasteiger partial charge in [-0.15, -0.1) is 0 Å². The number of nitrogens with zero attached hydrogens (tertiary/aromatic N) is 3. The van der Waals surface area contributed by atoms with E-state index in [9.17, 15) is 8.42 Å². The van der Waals surface area contributed by atoms with Crippen LogP contribution >= 0.6 is 0 Å². The van der Waals surface area contributed by atoms with Crippen LogP contribution in [0.5, 0.6) is 0 Å². The zero-order valence-corrected chi connectivity index (χ0v) is 14.6. The highest BCUT2D eigenvalue weighted by molar-refractivity contribution is 7.89. The van der Waals surface area contributed by atoms with E-state index < -0.39 is 10.0 Å². The van der Waals surface area contributed by atoms with Gasteiger partial charge in [0.2, 0.25) is 10.0 Å². The Labute approximate surface area is 133 Å². The van der Waals surface area contributed by atoms with Crippen molar-refractivity contribution in [2.75, 3.05) is 0 Å². The fourth-order valence-electron chi connectivity index (χ4n) is 4.06. The van der Waals surface area contributed by atoms with Crippen LogP contribution in [0.25, 0.3) is 0 Å². The second-order valence-electron chi connectivity index (χ2n) is 6.96. The van der Waals surface area contributed by atoms with Gasteiger partial charge in [0, 0.05) is 18.3 Å². The normalized spacial score (nSPS) is 28.3. The molecule has 2 fully saturated rings. The Morgan fingerprint density at radius 3 is 2.23 bits per heavy atom. The molecule has 5 nitrogen and oxygen atoms in total. The first kappa shape index (κ1) is 16.0. The van der Waals surface area contributed by atoms with Gasteiger partial charge in [0.1, 0.15) is 4.90 Å². The third-order valence-corrected chi connectivity index (χ3v) is 7.47. The molecule has 1 aliphatic heterocycles. The number of hydrogen-bond donors (Lipinski definition) is 0. The molecule has 22 heavy (non-hydrogen) atoms. The predicted octanol–water partition coefficient (Wildman–Crippen LogP) is 3.26. The lowest BCUT2D eigenvalue weighted by Crippen LogP contribution is -2.47. The summed E-state index contributed by atoms with van der Waals surface area (Å²) >= 11 is 0. The van der Waals surface area contributed by atoms with Crippen LogP contribution in [0.3, 0.4) is 0 Å². The summed E-state index contributed by atoms with van der Waals surface area (Å²) in [7, 11) is -3.45. The first-order chi connectivity index (χ1) is 10.4.